The van der Waals surface area contributed by atoms with Crippen LogP contribution in [0.4, 0.5) is 5.00 Å². The molecule has 0 saturated carbocycles. The molecule has 0 aliphatic heterocycles. The third-order valence-corrected chi connectivity index (χ3v) is 4.09. The normalized spacial score (nSPS) is 15.4. The van der Waals surface area contributed by atoms with Crippen molar-refractivity contribution in [2.75, 3.05) is 6.54 Å². The van der Waals surface area contributed by atoms with Gasteiger partial charge in [0.2, 0.25) is 0 Å². The zero-order valence-electron chi connectivity index (χ0n) is 10.4. The van der Waals surface area contributed by atoms with Crippen molar-refractivity contribution >= 4 is 16.3 Å². The molecule has 0 saturated heterocycles. The first-order valence-corrected chi connectivity index (χ1v) is 7.24. The van der Waals surface area contributed by atoms with E-state index in [1.807, 2.05) is 5.38 Å². The van der Waals surface area contributed by atoms with E-state index in [9.17, 15) is 10.1 Å². The van der Waals surface area contributed by atoms with Crippen LogP contribution in [0.15, 0.2) is 23.1 Å². The Morgan fingerprint density at radius 1 is 1.44 bits per heavy atom. The monoisotopic (exact) mass is 266 g/mol. The SMILES string of the molecule is O=[N+]([O-])c1cc(CNCCC2=CCCCC2)cs1. The molecule has 4 nitrogen and oxygen atoms in total. The van der Waals surface area contributed by atoms with Crippen molar-refractivity contribution in [3.63, 3.8) is 0 Å². The highest BCUT2D eigenvalue weighted by Crippen LogP contribution is 2.22. The van der Waals surface area contributed by atoms with Crippen molar-refractivity contribution in [1.82, 2.24) is 5.32 Å². The third kappa shape index (κ3) is 3.92. The van der Waals surface area contributed by atoms with E-state index in [2.05, 4.69) is 11.4 Å². The Morgan fingerprint density at radius 3 is 3.00 bits per heavy atom. The summed E-state index contributed by atoms with van der Waals surface area (Å²) in [5.41, 5.74) is 2.56. The minimum atomic E-state index is -0.332. The highest BCUT2D eigenvalue weighted by atomic mass is 32.1. The molecule has 0 unspecified atom stereocenters. The van der Waals surface area contributed by atoms with E-state index in [1.165, 1.54) is 37.0 Å². The predicted molar refractivity (Wildman–Crippen MR) is 73.8 cm³/mol. The van der Waals surface area contributed by atoms with Gasteiger partial charge in [-0.25, -0.2) is 0 Å². The van der Waals surface area contributed by atoms with E-state index < -0.39 is 0 Å². The largest absolute Gasteiger partial charge is 0.324 e. The summed E-state index contributed by atoms with van der Waals surface area (Å²) in [6.07, 6.45) is 8.59. The van der Waals surface area contributed by atoms with Crippen LogP contribution in [0.5, 0.6) is 0 Å². The summed E-state index contributed by atoms with van der Waals surface area (Å²) in [4.78, 5) is 10.2. The molecule has 18 heavy (non-hydrogen) atoms. The Morgan fingerprint density at radius 2 is 2.33 bits per heavy atom. The molecule has 1 aliphatic rings. The fourth-order valence-corrected chi connectivity index (χ4v) is 2.89. The Balaban J connectivity index is 1.68. The van der Waals surface area contributed by atoms with Crippen LogP contribution in [-0.4, -0.2) is 11.5 Å². The number of hydrogen-bond acceptors (Lipinski definition) is 4. The number of allylic oxidation sites excluding steroid dienone is 1. The van der Waals surface area contributed by atoms with Crippen LogP contribution < -0.4 is 5.32 Å². The Hall–Kier alpha value is -1.20. The van der Waals surface area contributed by atoms with Crippen molar-refractivity contribution in [3.05, 3.63) is 38.8 Å². The summed E-state index contributed by atoms with van der Waals surface area (Å²) in [5.74, 6) is 0. The van der Waals surface area contributed by atoms with Crippen molar-refractivity contribution < 1.29 is 4.92 Å². The molecule has 2 rings (SSSR count). The van der Waals surface area contributed by atoms with Crippen LogP contribution in [0, 0.1) is 10.1 Å². The van der Waals surface area contributed by atoms with Gasteiger partial charge >= 0.3 is 5.00 Å². The van der Waals surface area contributed by atoms with Gasteiger partial charge < -0.3 is 5.32 Å². The van der Waals surface area contributed by atoms with Gasteiger partial charge in [0.15, 0.2) is 0 Å². The lowest BCUT2D eigenvalue weighted by atomic mass is 9.97. The Kier molecular flexibility index (Phi) is 4.90. The summed E-state index contributed by atoms with van der Waals surface area (Å²) < 4.78 is 0. The molecule has 0 amide bonds. The van der Waals surface area contributed by atoms with Crippen LogP contribution in [0.2, 0.25) is 0 Å². The average Bonchev–Trinajstić information content (AvgIpc) is 2.85. The lowest BCUT2D eigenvalue weighted by Gasteiger charge is -2.12. The number of nitrogens with zero attached hydrogens (tertiary/aromatic N) is 1. The lowest BCUT2D eigenvalue weighted by molar-refractivity contribution is -0.380. The van der Waals surface area contributed by atoms with Crippen LogP contribution in [0.25, 0.3) is 0 Å². The first kappa shape index (κ1) is 13.2. The molecule has 0 bridgehead atoms. The van der Waals surface area contributed by atoms with Crippen LogP contribution in [0.1, 0.15) is 37.7 Å². The molecule has 0 fully saturated rings. The molecule has 98 valence electrons. The molecule has 1 N–H and O–H groups in total. The summed E-state index contributed by atoms with van der Waals surface area (Å²) >= 11 is 1.19. The van der Waals surface area contributed by atoms with Gasteiger partial charge in [0, 0.05) is 18.0 Å². The van der Waals surface area contributed by atoms with Gasteiger partial charge in [0.1, 0.15) is 0 Å². The number of nitro groups is 1. The predicted octanol–water partition coefficient (Wildman–Crippen LogP) is 3.64. The summed E-state index contributed by atoms with van der Waals surface area (Å²) in [5, 5.41) is 16.0. The molecule has 0 spiro atoms. The molecule has 1 heterocycles. The number of nitrogens with one attached hydrogen (secondary N) is 1. The molecule has 5 heteroatoms. The molecular weight excluding hydrogens is 248 g/mol. The fourth-order valence-electron chi connectivity index (χ4n) is 2.16. The maximum Gasteiger partial charge on any atom is 0.324 e. The molecule has 1 aromatic heterocycles. The van der Waals surface area contributed by atoms with E-state index in [0.29, 0.717) is 0 Å². The van der Waals surface area contributed by atoms with Crippen LogP contribution >= 0.6 is 11.3 Å². The van der Waals surface area contributed by atoms with E-state index in [0.717, 1.165) is 25.1 Å². The van der Waals surface area contributed by atoms with Gasteiger partial charge in [-0.2, -0.15) is 0 Å². The van der Waals surface area contributed by atoms with Crippen molar-refractivity contribution in [2.24, 2.45) is 0 Å². The summed E-state index contributed by atoms with van der Waals surface area (Å²) in [6, 6.07) is 1.65. The second kappa shape index (κ2) is 6.66. The molecule has 0 aromatic carbocycles. The van der Waals surface area contributed by atoms with Crippen LogP contribution in [0.3, 0.4) is 0 Å². The summed E-state index contributed by atoms with van der Waals surface area (Å²) in [7, 11) is 0. The zero-order valence-corrected chi connectivity index (χ0v) is 11.2. The van der Waals surface area contributed by atoms with Gasteiger partial charge in [-0.15, -0.1) is 0 Å². The lowest BCUT2D eigenvalue weighted by Crippen LogP contribution is -2.15. The van der Waals surface area contributed by atoms with E-state index in [-0.39, 0.29) is 9.92 Å². The molecular formula is C13H18N2O2S. The van der Waals surface area contributed by atoms with Gasteiger partial charge in [-0.05, 0) is 44.2 Å². The maximum absolute atomic E-state index is 10.5. The molecule has 0 atom stereocenters. The first-order chi connectivity index (χ1) is 8.75. The minimum Gasteiger partial charge on any atom is -0.312 e. The quantitative estimate of drug-likeness (QED) is 0.370. The highest BCUT2D eigenvalue weighted by Gasteiger charge is 2.09. The average molecular weight is 266 g/mol. The van der Waals surface area contributed by atoms with E-state index in [1.54, 1.807) is 11.6 Å². The number of rotatable bonds is 6. The Bertz CT molecular complexity index is 440. The highest BCUT2D eigenvalue weighted by molar-refractivity contribution is 7.13. The standard InChI is InChI=1S/C13H18N2O2S/c16-15(17)13-8-12(10-18-13)9-14-7-6-11-4-2-1-3-5-11/h4,8,10,14H,1-3,5-7,9H2. The van der Waals surface area contributed by atoms with Gasteiger partial charge in [-0.1, -0.05) is 23.0 Å². The van der Waals surface area contributed by atoms with Crippen LogP contribution in [-0.2, 0) is 6.54 Å². The third-order valence-electron chi connectivity index (χ3n) is 3.16. The smallest absolute Gasteiger partial charge is 0.312 e. The molecule has 0 radical (unpaired) electrons. The van der Waals surface area contributed by atoms with Gasteiger partial charge in [0.05, 0.1) is 4.92 Å². The fraction of sp³-hybridized carbons (Fsp3) is 0.538. The Labute approximate surface area is 111 Å². The molecule has 1 aromatic rings. The number of thiophene rings is 1. The van der Waals surface area contributed by atoms with Crippen molar-refractivity contribution in [1.29, 1.82) is 0 Å². The van der Waals surface area contributed by atoms with E-state index in [4.69, 9.17) is 0 Å². The van der Waals surface area contributed by atoms with Gasteiger partial charge in [-0.3, -0.25) is 10.1 Å². The van der Waals surface area contributed by atoms with Crippen molar-refractivity contribution in [3.8, 4) is 0 Å². The second-order valence-electron chi connectivity index (χ2n) is 4.59. The number of hydrogen-bond donors (Lipinski definition) is 1. The van der Waals surface area contributed by atoms with Gasteiger partial charge in [0.25, 0.3) is 0 Å². The minimum absolute atomic E-state index is 0.224. The second-order valence-corrected chi connectivity index (χ2v) is 5.47. The topological polar surface area (TPSA) is 55.2 Å². The van der Waals surface area contributed by atoms with E-state index >= 15 is 0 Å². The summed E-state index contributed by atoms with van der Waals surface area (Å²) in [6.45, 7) is 1.67. The zero-order chi connectivity index (χ0) is 12.8. The maximum atomic E-state index is 10.5. The molecule has 1 aliphatic carbocycles. The first-order valence-electron chi connectivity index (χ1n) is 6.36. The van der Waals surface area contributed by atoms with Crippen molar-refractivity contribution in [2.45, 2.75) is 38.6 Å².